The largest absolute Gasteiger partial charge is 0.502 e. The molecule has 0 fully saturated rings. The standard InChI is InChI=1S/C11H16O6/c1-15-9-3-8(17-6-7(13)5-12)4-10(16-2)11(9)14/h3-4,7,12-14H,5-6H2,1-2H3. The number of phenols is 1. The number of hydrogen-bond acceptors (Lipinski definition) is 6. The fraction of sp³-hybridized carbons (Fsp3) is 0.455. The lowest BCUT2D eigenvalue weighted by Crippen LogP contribution is -2.21. The van der Waals surface area contributed by atoms with Crippen molar-refractivity contribution in [2.45, 2.75) is 6.10 Å². The van der Waals surface area contributed by atoms with Crippen molar-refractivity contribution in [2.75, 3.05) is 27.4 Å². The van der Waals surface area contributed by atoms with Gasteiger partial charge in [-0.05, 0) is 0 Å². The second-order valence-electron chi connectivity index (χ2n) is 3.32. The van der Waals surface area contributed by atoms with Gasteiger partial charge in [0, 0.05) is 12.1 Å². The molecule has 1 atom stereocenters. The van der Waals surface area contributed by atoms with E-state index in [9.17, 15) is 5.11 Å². The lowest BCUT2D eigenvalue weighted by atomic mass is 10.2. The highest BCUT2D eigenvalue weighted by Gasteiger charge is 2.12. The molecule has 1 aromatic carbocycles. The summed E-state index contributed by atoms with van der Waals surface area (Å²) in [5.41, 5.74) is 0. The number of aliphatic hydroxyl groups excluding tert-OH is 2. The third-order valence-corrected chi connectivity index (χ3v) is 2.11. The van der Waals surface area contributed by atoms with Crippen LogP contribution in [0.3, 0.4) is 0 Å². The first-order valence-corrected chi connectivity index (χ1v) is 4.99. The number of phenolic OH excluding ortho intramolecular Hbond substituents is 1. The SMILES string of the molecule is COc1cc(OCC(O)CO)cc(OC)c1O. The number of benzene rings is 1. The Kier molecular flexibility index (Phi) is 4.86. The van der Waals surface area contributed by atoms with Gasteiger partial charge in [-0.15, -0.1) is 0 Å². The third kappa shape index (κ3) is 3.40. The molecule has 0 aliphatic heterocycles. The number of hydrogen-bond donors (Lipinski definition) is 3. The molecule has 1 unspecified atom stereocenters. The number of aromatic hydroxyl groups is 1. The second kappa shape index (κ2) is 6.17. The molecule has 96 valence electrons. The van der Waals surface area contributed by atoms with E-state index in [4.69, 9.17) is 24.4 Å². The van der Waals surface area contributed by atoms with Gasteiger partial charge in [-0.1, -0.05) is 0 Å². The lowest BCUT2D eigenvalue weighted by molar-refractivity contribution is 0.0534. The van der Waals surface area contributed by atoms with E-state index in [0.717, 1.165) is 0 Å². The van der Waals surface area contributed by atoms with Gasteiger partial charge in [0.25, 0.3) is 0 Å². The van der Waals surface area contributed by atoms with Crippen molar-refractivity contribution in [3.8, 4) is 23.0 Å². The first-order valence-electron chi connectivity index (χ1n) is 4.99. The van der Waals surface area contributed by atoms with Crippen LogP contribution in [0.5, 0.6) is 23.0 Å². The van der Waals surface area contributed by atoms with Crippen LogP contribution < -0.4 is 14.2 Å². The molecule has 3 N–H and O–H groups in total. The number of aliphatic hydroxyl groups is 2. The predicted molar refractivity (Wildman–Crippen MR) is 59.8 cm³/mol. The number of rotatable bonds is 6. The predicted octanol–water partition coefficient (Wildman–Crippen LogP) is 0.141. The minimum absolute atomic E-state index is 0.0619. The Labute approximate surface area is 99.0 Å². The van der Waals surface area contributed by atoms with Crippen LogP contribution in [0.1, 0.15) is 0 Å². The van der Waals surface area contributed by atoms with E-state index in [-0.39, 0.29) is 30.5 Å². The van der Waals surface area contributed by atoms with Crippen LogP contribution in [-0.4, -0.2) is 48.9 Å². The average Bonchev–Trinajstić information content (AvgIpc) is 2.36. The topological polar surface area (TPSA) is 88.4 Å². The Hall–Kier alpha value is -1.66. The molecule has 17 heavy (non-hydrogen) atoms. The molecule has 6 nitrogen and oxygen atoms in total. The van der Waals surface area contributed by atoms with Gasteiger partial charge < -0.3 is 29.5 Å². The lowest BCUT2D eigenvalue weighted by Gasteiger charge is -2.13. The summed E-state index contributed by atoms with van der Waals surface area (Å²) in [5.74, 6) is 0.657. The summed E-state index contributed by atoms with van der Waals surface area (Å²) in [6, 6.07) is 2.92. The zero-order valence-electron chi connectivity index (χ0n) is 9.71. The molecule has 1 aromatic rings. The Morgan fingerprint density at radius 3 is 2.12 bits per heavy atom. The molecule has 0 radical (unpaired) electrons. The summed E-state index contributed by atoms with van der Waals surface area (Å²) < 4.78 is 15.1. The van der Waals surface area contributed by atoms with Crippen LogP contribution in [0, 0.1) is 0 Å². The molecule has 0 saturated heterocycles. The van der Waals surface area contributed by atoms with Crippen LogP contribution in [0.2, 0.25) is 0 Å². The third-order valence-electron chi connectivity index (χ3n) is 2.11. The first-order chi connectivity index (χ1) is 8.12. The molecule has 0 amide bonds. The fourth-order valence-electron chi connectivity index (χ4n) is 1.20. The van der Waals surface area contributed by atoms with Crippen LogP contribution in [0.15, 0.2) is 12.1 Å². The van der Waals surface area contributed by atoms with E-state index in [1.807, 2.05) is 0 Å². The molecule has 1 rings (SSSR count). The van der Waals surface area contributed by atoms with Crippen LogP contribution >= 0.6 is 0 Å². The molecular formula is C11H16O6. The minimum Gasteiger partial charge on any atom is -0.502 e. The van der Waals surface area contributed by atoms with Gasteiger partial charge in [0.1, 0.15) is 18.5 Å². The van der Waals surface area contributed by atoms with Crippen LogP contribution in [0.4, 0.5) is 0 Å². The molecule has 0 saturated carbocycles. The van der Waals surface area contributed by atoms with Gasteiger partial charge in [0.05, 0.1) is 20.8 Å². The van der Waals surface area contributed by atoms with E-state index in [1.54, 1.807) is 0 Å². The molecule has 0 heterocycles. The maximum atomic E-state index is 9.64. The Balaban J connectivity index is 2.85. The Morgan fingerprint density at radius 1 is 1.18 bits per heavy atom. The smallest absolute Gasteiger partial charge is 0.201 e. The summed E-state index contributed by atoms with van der Waals surface area (Å²) in [7, 11) is 2.81. The molecule has 0 aliphatic carbocycles. The van der Waals surface area contributed by atoms with Gasteiger partial charge in [0.2, 0.25) is 5.75 Å². The minimum atomic E-state index is -0.958. The summed E-state index contributed by atoms with van der Waals surface area (Å²) in [6.45, 7) is -0.445. The van der Waals surface area contributed by atoms with E-state index >= 15 is 0 Å². The molecular weight excluding hydrogens is 228 g/mol. The molecule has 0 aliphatic rings. The van der Waals surface area contributed by atoms with Crippen molar-refractivity contribution in [3.63, 3.8) is 0 Å². The van der Waals surface area contributed by atoms with Crippen LogP contribution in [0.25, 0.3) is 0 Å². The molecule has 0 spiro atoms. The summed E-state index contributed by atoms with van der Waals surface area (Å²) in [4.78, 5) is 0. The maximum absolute atomic E-state index is 9.64. The van der Waals surface area contributed by atoms with Crippen molar-refractivity contribution >= 4 is 0 Å². The molecule has 6 heteroatoms. The highest BCUT2D eigenvalue weighted by atomic mass is 16.5. The van der Waals surface area contributed by atoms with Crippen molar-refractivity contribution in [1.29, 1.82) is 0 Å². The maximum Gasteiger partial charge on any atom is 0.201 e. The number of ether oxygens (including phenoxy) is 3. The molecule has 0 bridgehead atoms. The Morgan fingerprint density at radius 2 is 1.71 bits per heavy atom. The van der Waals surface area contributed by atoms with E-state index in [2.05, 4.69) is 0 Å². The van der Waals surface area contributed by atoms with E-state index in [1.165, 1.54) is 26.4 Å². The van der Waals surface area contributed by atoms with Crippen molar-refractivity contribution in [2.24, 2.45) is 0 Å². The summed E-state index contributed by atoms with van der Waals surface area (Å²) in [6.07, 6.45) is -0.958. The van der Waals surface area contributed by atoms with E-state index < -0.39 is 6.10 Å². The Bertz CT molecular complexity index is 340. The highest BCUT2D eigenvalue weighted by Crippen LogP contribution is 2.39. The normalized spacial score (nSPS) is 12.0. The van der Waals surface area contributed by atoms with Crippen molar-refractivity contribution < 1.29 is 29.5 Å². The first kappa shape index (κ1) is 13.4. The van der Waals surface area contributed by atoms with E-state index in [0.29, 0.717) is 5.75 Å². The fourth-order valence-corrected chi connectivity index (χ4v) is 1.20. The van der Waals surface area contributed by atoms with Crippen molar-refractivity contribution in [3.05, 3.63) is 12.1 Å². The van der Waals surface area contributed by atoms with Gasteiger partial charge in [-0.2, -0.15) is 0 Å². The van der Waals surface area contributed by atoms with Gasteiger partial charge in [-0.3, -0.25) is 0 Å². The monoisotopic (exact) mass is 244 g/mol. The number of methoxy groups -OCH3 is 2. The zero-order valence-corrected chi connectivity index (χ0v) is 9.71. The van der Waals surface area contributed by atoms with Gasteiger partial charge in [-0.25, -0.2) is 0 Å². The highest BCUT2D eigenvalue weighted by molar-refractivity contribution is 5.54. The van der Waals surface area contributed by atoms with Crippen LogP contribution in [-0.2, 0) is 0 Å². The van der Waals surface area contributed by atoms with Gasteiger partial charge in [0.15, 0.2) is 11.5 Å². The van der Waals surface area contributed by atoms with Gasteiger partial charge >= 0.3 is 0 Å². The summed E-state index contributed by atoms with van der Waals surface area (Å²) >= 11 is 0. The van der Waals surface area contributed by atoms with Crippen molar-refractivity contribution in [1.82, 2.24) is 0 Å². The quantitative estimate of drug-likeness (QED) is 0.659. The second-order valence-corrected chi connectivity index (χ2v) is 3.32. The summed E-state index contributed by atoms with van der Waals surface area (Å²) in [5, 5.41) is 27.4. The zero-order chi connectivity index (χ0) is 12.8. The average molecular weight is 244 g/mol. The molecule has 0 aromatic heterocycles.